The Morgan fingerprint density at radius 1 is 1.33 bits per heavy atom. The van der Waals surface area contributed by atoms with Crippen molar-refractivity contribution in [3.8, 4) is 0 Å². The van der Waals surface area contributed by atoms with Gasteiger partial charge in [0.2, 0.25) is 0 Å². The number of methoxy groups -OCH3 is 1. The number of hydrogen-bond acceptors (Lipinski definition) is 4. The minimum atomic E-state index is -0.0905. The van der Waals surface area contributed by atoms with Gasteiger partial charge < -0.3 is 14.4 Å². The Hall–Kier alpha value is -0.940. The van der Waals surface area contributed by atoms with E-state index in [0.29, 0.717) is 19.0 Å². The number of aliphatic hydroxyl groups excluding tert-OH is 1. The minimum absolute atomic E-state index is 0.0752. The predicted molar refractivity (Wildman–Crippen MR) is 56.5 cm³/mol. The van der Waals surface area contributed by atoms with Gasteiger partial charge in [0.25, 0.3) is 0 Å². The van der Waals surface area contributed by atoms with Crippen molar-refractivity contribution in [2.24, 2.45) is 0 Å². The third-order valence-corrected chi connectivity index (χ3v) is 2.16. The summed E-state index contributed by atoms with van der Waals surface area (Å²) in [6, 6.07) is 0. The van der Waals surface area contributed by atoms with Gasteiger partial charge in [-0.3, -0.25) is 0 Å². The van der Waals surface area contributed by atoms with Gasteiger partial charge >= 0.3 is 0 Å². The number of hydrogen-bond donors (Lipinski definition) is 1. The summed E-state index contributed by atoms with van der Waals surface area (Å²) in [6.45, 7) is 7.39. The molecule has 86 valence electrons. The van der Waals surface area contributed by atoms with Gasteiger partial charge in [-0.15, -0.1) is 10.2 Å². The lowest BCUT2D eigenvalue weighted by atomic mass is 9.95. The molecule has 5 heteroatoms. The molecule has 0 atom stereocenters. The molecule has 1 rings (SSSR count). The Labute approximate surface area is 90.1 Å². The van der Waals surface area contributed by atoms with E-state index in [9.17, 15) is 0 Å². The van der Waals surface area contributed by atoms with E-state index in [2.05, 4.69) is 31.0 Å². The molecule has 1 N–H and O–H groups in total. The summed E-state index contributed by atoms with van der Waals surface area (Å²) in [6.07, 6.45) is 0. The van der Waals surface area contributed by atoms with Crippen molar-refractivity contribution in [3.63, 3.8) is 0 Å². The maximum absolute atomic E-state index is 9.13. The summed E-state index contributed by atoms with van der Waals surface area (Å²) in [5.41, 5.74) is -0.0752. The highest BCUT2D eigenvalue weighted by Crippen LogP contribution is 2.20. The number of aliphatic hydroxyl groups is 1. The lowest BCUT2D eigenvalue weighted by Crippen LogP contribution is -2.21. The zero-order valence-electron chi connectivity index (χ0n) is 9.82. The van der Waals surface area contributed by atoms with E-state index in [1.54, 1.807) is 7.11 Å². The van der Waals surface area contributed by atoms with Crippen LogP contribution in [0, 0.1) is 0 Å². The second kappa shape index (κ2) is 4.72. The molecule has 0 aliphatic carbocycles. The minimum Gasteiger partial charge on any atom is -0.388 e. The maximum atomic E-state index is 9.13. The largest absolute Gasteiger partial charge is 0.388 e. The van der Waals surface area contributed by atoms with Gasteiger partial charge in [0.15, 0.2) is 5.82 Å². The van der Waals surface area contributed by atoms with E-state index in [-0.39, 0.29) is 12.0 Å². The Balaban J connectivity index is 3.00. The highest BCUT2D eigenvalue weighted by Gasteiger charge is 2.23. The van der Waals surface area contributed by atoms with Gasteiger partial charge in [-0.1, -0.05) is 20.8 Å². The maximum Gasteiger partial charge on any atom is 0.158 e. The molecule has 0 spiro atoms. The first-order valence-electron chi connectivity index (χ1n) is 5.03. The molecule has 0 radical (unpaired) electrons. The highest BCUT2D eigenvalue weighted by atomic mass is 16.5. The van der Waals surface area contributed by atoms with Crippen LogP contribution in [0.1, 0.15) is 32.4 Å². The van der Waals surface area contributed by atoms with Crippen LogP contribution < -0.4 is 0 Å². The van der Waals surface area contributed by atoms with E-state index in [0.717, 1.165) is 5.82 Å². The number of aromatic nitrogens is 3. The fourth-order valence-electron chi connectivity index (χ4n) is 1.42. The summed E-state index contributed by atoms with van der Waals surface area (Å²) in [5.74, 6) is 1.47. The third-order valence-electron chi connectivity index (χ3n) is 2.16. The van der Waals surface area contributed by atoms with Gasteiger partial charge in [0.05, 0.1) is 6.61 Å². The monoisotopic (exact) mass is 213 g/mol. The second-order valence-corrected chi connectivity index (χ2v) is 4.49. The first-order chi connectivity index (χ1) is 7.00. The molecule has 0 aliphatic heterocycles. The Bertz CT molecular complexity index is 315. The van der Waals surface area contributed by atoms with E-state index < -0.39 is 0 Å². The number of rotatable bonds is 4. The van der Waals surface area contributed by atoms with E-state index >= 15 is 0 Å². The molecule has 0 saturated heterocycles. The molecule has 15 heavy (non-hydrogen) atoms. The average molecular weight is 213 g/mol. The number of ether oxygens (including phenoxy) is 1. The highest BCUT2D eigenvalue weighted by molar-refractivity contribution is 5.05. The summed E-state index contributed by atoms with van der Waals surface area (Å²) in [4.78, 5) is 0. The molecule has 0 bridgehead atoms. The first-order valence-corrected chi connectivity index (χ1v) is 5.03. The topological polar surface area (TPSA) is 60.2 Å². The van der Waals surface area contributed by atoms with Crippen LogP contribution in [0.4, 0.5) is 0 Å². The summed E-state index contributed by atoms with van der Waals surface area (Å²) in [7, 11) is 1.65. The van der Waals surface area contributed by atoms with Crippen LogP contribution in [-0.4, -0.2) is 33.6 Å². The molecule has 1 aromatic rings. The molecule has 0 aromatic carbocycles. The molecule has 0 aliphatic rings. The van der Waals surface area contributed by atoms with Crippen molar-refractivity contribution in [1.29, 1.82) is 0 Å². The molecule has 5 nitrogen and oxygen atoms in total. The van der Waals surface area contributed by atoms with E-state index in [1.165, 1.54) is 0 Å². The smallest absolute Gasteiger partial charge is 0.158 e. The van der Waals surface area contributed by atoms with Crippen molar-refractivity contribution in [2.75, 3.05) is 13.7 Å². The van der Waals surface area contributed by atoms with Crippen LogP contribution in [0.25, 0.3) is 0 Å². The Morgan fingerprint density at radius 3 is 2.47 bits per heavy atom. The van der Waals surface area contributed by atoms with Crippen LogP contribution in [0.5, 0.6) is 0 Å². The van der Waals surface area contributed by atoms with Crippen molar-refractivity contribution in [1.82, 2.24) is 14.8 Å². The third kappa shape index (κ3) is 2.76. The Kier molecular flexibility index (Phi) is 3.82. The van der Waals surface area contributed by atoms with Crippen LogP contribution in [0.2, 0.25) is 0 Å². The summed E-state index contributed by atoms with van der Waals surface area (Å²) >= 11 is 0. The van der Waals surface area contributed by atoms with E-state index in [4.69, 9.17) is 9.84 Å². The van der Waals surface area contributed by atoms with Gasteiger partial charge in [-0.05, 0) is 0 Å². The van der Waals surface area contributed by atoms with E-state index in [1.807, 2.05) is 4.57 Å². The fraction of sp³-hybridized carbons (Fsp3) is 0.800. The summed E-state index contributed by atoms with van der Waals surface area (Å²) < 4.78 is 6.94. The zero-order valence-corrected chi connectivity index (χ0v) is 9.82. The van der Waals surface area contributed by atoms with Crippen molar-refractivity contribution in [2.45, 2.75) is 39.3 Å². The van der Waals surface area contributed by atoms with Crippen molar-refractivity contribution in [3.05, 3.63) is 11.6 Å². The Morgan fingerprint density at radius 2 is 2.00 bits per heavy atom. The number of nitrogens with zero attached hydrogens (tertiary/aromatic N) is 3. The second-order valence-electron chi connectivity index (χ2n) is 4.49. The molecule has 0 saturated carbocycles. The van der Waals surface area contributed by atoms with Crippen LogP contribution in [0.3, 0.4) is 0 Å². The molecular formula is C10H19N3O2. The van der Waals surface area contributed by atoms with Crippen LogP contribution in [0.15, 0.2) is 0 Å². The van der Waals surface area contributed by atoms with Crippen molar-refractivity contribution >= 4 is 0 Å². The molecule has 0 unspecified atom stereocenters. The summed E-state index contributed by atoms with van der Waals surface area (Å²) in [5, 5.41) is 17.2. The standard InChI is InChI=1S/C10H19N3O2/c1-10(2,3)9-12-11-8(7-14)13(9)5-6-15-4/h14H,5-7H2,1-4H3. The molecule has 0 fully saturated rings. The van der Waals surface area contributed by atoms with Gasteiger partial charge in [0.1, 0.15) is 12.4 Å². The molecular weight excluding hydrogens is 194 g/mol. The SMILES string of the molecule is COCCn1c(CO)nnc1C(C)(C)C. The first kappa shape index (κ1) is 12.1. The van der Waals surface area contributed by atoms with Crippen molar-refractivity contribution < 1.29 is 9.84 Å². The lowest BCUT2D eigenvalue weighted by Gasteiger charge is -2.19. The quantitative estimate of drug-likeness (QED) is 0.800. The normalized spacial score (nSPS) is 12.1. The van der Waals surface area contributed by atoms with Crippen LogP contribution >= 0.6 is 0 Å². The zero-order chi connectivity index (χ0) is 11.5. The molecule has 1 heterocycles. The van der Waals surface area contributed by atoms with Crippen LogP contribution in [-0.2, 0) is 23.3 Å². The fourth-order valence-corrected chi connectivity index (χ4v) is 1.42. The van der Waals surface area contributed by atoms with Gasteiger partial charge in [-0.2, -0.15) is 0 Å². The average Bonchev–Trinajstić information content (AvgIpc) is 2.56. The van der Waals surface area contributed by atoms with Gasteiger partial charge in [-0.25, -0.2) is 0 Å². The predicted octanol–water partition coefficient (Wildman–Crippen LogP) is 0.714. The van der Waals surface area contributed by atoms with Gasteiger partial charge in [0, 0.05) is 19.1 Å². The lowest BCUT2D eigenvalue weighted by molar-refractivity contribution is 0.180. The molecule has 0 amide bonds. The molecule has 1 aromatic heterocycles.